The van der Waals surface area contributed by atoms with Crippen LogP contribution in [0.5, 0.6) is 0 Å². The van der Waals surface area contributed by atoms with Gasteiger partial charge >= 0.3 is 0 Å². The number of nitrogens with zero attached hydrogens (tertiary/aromatic N) is 1. The van der Waals surface area contributed by atoms with Crippen LogP contribution in [0.15, 0.2) is 0 Å². The van der Waals surface area contributed by atoms with E-state index < -0.39 is 0 Å². The summed E-state index contributed by atoms with van der Waals surface area (Å²) in [5, 5.41) is 9.31. The molecular weight excluding hydrogens is 182 g/mol. The predicted molar refractivity (Wildman–Crippen MR) is 50.7 cm³/mol. The first-order chi connectivity index (χ1) is 6.77. The van der Waals surface area contributed by atoms with Gasteiger partial charge in [0.15, 0.2) is 0 Å². The lowest BCUT2D eigenvalue weighted by Crippen LogP contribution is -2.43. The van der Waals surface area contributed by atoms with Crippen LogP contribution in [0.25, 0.3) is 0 Å². The van der Waals surface area contributed by atoms with Crippen molar-refractivity contribution in [3.8, 4) is 0 Å². The van der Waals surface area contributed by atoms with Crippen molar-refractivity contribution in [2.75, 3.05) is 26.3 Å². The van der Waals surface area contributed by atoms with Gasteiger partial charge in [0, 0.05) is 19.7 Å². The van der Waals surface area contributed by atoms with Crippen molar-refractivity contribution < 1.29 is 14.6 Å². The highest BCUT2D eigenvalue weighted by molar-refractivity contribution is 5.79. The highest BCUT2D eigenvalue weighted by Crippen LogP contribution is 2.18. The van der Waals surface area contributed by atoms with Crippen molar-refractivity contribution in [1.29, 1.82) is 0 Å². The van der Waals surface area contributed by atoms with Crippen molar-refractivity contribution in [3.05, 3.63) is 0 Å². The second-order valence-electron chi connectivity index (χ2n) is 4.12. The Bertz CT molecular complexity index is 205. The monoisotopic (exact) mass is 199 g/mol. The van der Waals surface area contributed by atoms with E-state index in [2.05, 4.69) is 0 Å². The van der Waals surface area contributed by atoms with Crippen molar-refractivity contribution in [1.82, 2.24) is 4.90 Å². The molecule has 0 saturated carbocycles. The molecule has 2 saturated heterocycles. The number of ether oxygens (including phenoxy) is 1. The lowest BCUT2D eigenvalue weighted by Gasteiger charge is -2.31. The van der Waals surface area contributed by atoms with Crippen LogP contribution >= 0.6 is 0 Å². The molecule has 4 heteroatoms. The lowest BCUT2D eigenvalue weighted by atomic mass is 10.0. The molecule has 0 aromatic rings. The number of hydrogen-bond donors (Lipinski definition) is 1. The Hall–Kier alpha value is -0.610. The summed E-state index contributed by atoms with van der Waals surface area (Å²) in [6, 6.07) is 0. The summed E-state index contributed by atoms with van der Waals surface area (Å²) in [6.45, 7) is 2.71. The quantitative estimate of drug-likeness (QED) is 0.647. The van der Waals surface area contributed by atoms with Crippen LogP contribution in [0.1, 0.15) is 19.3 Å². The minimum atomic E-state index is -0.209. The zero-order chi connectivity index (χ0) is 9.97. The molecule has 2 aliphatic rings. The van der Waals surface area contributed by atoms with E-state index in [1.807, 2.05) is 4.90 Å². The number of likely N-dealkylation sites (tertiary alicyclic amines) is 1. The summed E-state index contributed by atoms with van der Waals surface area (Å²) >= 11 is 0. The summed E-state index contributed by atoms with van der Waals surface area (Å²) in [4.78, 5) is 13.7. The van der Waals surface area contributed by atoms with Gasteiger partial charge < -0.3 is 14.7 Å². The molecule has 0 bridgehead atoms. The van der Waals surface area contributed by atoms with Crippen molar-refractivity contribution >= 4 is 5.91 Å². The second kappa shape index (κ2) is 4.28. The largest absolute Gasteiger partial charge is 0.393 e. The summed E-state index contributed by atoms with van der Waals surface area (Å²) in [5.74, 6) is 0.291. The van der Waals surface area contributed by atoms with Crippen molar-refractivity contribution in [2.24, 2.45) is 5.92 Å². The Balaban J connectivity index is 1.85. The molecule has 0 radical (unpaired) electrons. The van der Waals surface area contributed by atoms with E-state index in [1.54, 1.807) is 0 Å². The zero-order valence-electron chi connectivity index (χ0n) is 8.32. The minimum absolute atomic E-state index is 0.0743. The van der Waals surface area contributed by atoms with E-state index in [0.717, 1.165) is 19.3 Å². The molecule has 0 spiro atoms. The number of aliphatic hydroxyl groups is 1. The Morgan fingerprint density at radius 3 is 2.57 bits per heavy atom. The number of piperidine rings is 1. The van der Waals surface area contributed by atoms with Gasteiger partial charge in [0.2, 0.25) is 5.91 Å². The third kappa shape index (κ3) is 2.07. The number of aliphatic hydroxyl groups excluding tert-OH is 1. The smallest absolute Gasteiger partial charge is 0.228 e. The van der Waals surface area contributed by atoms with Gasteiger partial charge in [-0.2, -0.15) is 0 Å². The van der Waals surface area contributed by atoms with Crippen LogP contribution in [0.3, 0.4) is 0 Å². The predicted octanol–water partition coefficient (Wildman–Crippen LogP) is 0.00620. The summed E-state index contributed by atoms with van der Waals surface area (Å²) in [5.41, 5.74) is 0. The molecule has 1 atom stereocenters. The Labute approximate surface area is 83.8 Å². The van der Waals surface area contributed by atoms with Gasteiger partial charge in [0.1, 0.15) is 0 Å². The first kappa shape index (κ1) is 9.93. The fourth-order valence-corrected chi connectivity index (χ4v) is 2.07. The summed E-state index contributed by atoms with van der Waals surface area (Å²) < 4.78 is 5.19. The average molecular weight is 199 g/mol. The fourth-order valence-electron chi connectivity index (χ4n) is 2.07. The zero-order valence-corrected chi connectivity index (χ0v) is 8.32. The number of rotatable bonds is 1. The maximum atomic E-state index is 11.9. The van der Waals surface area contributed by atoms with E-state index in [4.69, 9.17) is 4.74 Å². The number of amides is 1. The Kier molecular flexibility index (Phi) is 3.03. The van der Waals surface area contributed by atoms with Gasteiger partial charge in [-0.25, -0.2) is 0 Å². The molecule has 0 aromatic heterocycles. The van der Waals surface area contributed by atoms with Gasteiger partial charge in [-0.1, -0.05) is 0 Å². The number of hydrogen-bond acceptors (Lipinski definition) is 3. The first-order valence-corrected chi connectivity index (χ1v) is 5.32. The molecule has 0 unspecified atom stereocenters. The molecular formula is C10H17NO3. The van der Waals surface area contributed by atoms with Crippen molar-refractivity contribution in [3.63, 3.8) is 0 Å². The van der Waals surface area contributed by atoms with Gasteiger partial charge in [-0.15, -0.1) is 0 Å². The van der Waals surface area contributed by atoms with Crippen molar-refractivity contribution in [2.45, 2.75) is 25.4 Å². The third-order valence-corrected chi connectivity index (χ3v) is 3.06. The molecule has 4 nitrogen and oxygen atoms in total. The fraction of sp³-hybridized carbons (Fsp3) is 0.900. The molecule has 1 amide bonds. The van der Waals surface area contributed by atoms with Crippen LogP contribution in [0.4, 0.5) is 0 Å². The third-order valence-electron chi connectivity index (χ3n) is 3.06. The van der Waals surface area contributed by atoms with E-state index >= 15 is 0 Å². The van der Waals surface area contributed by atoms with Gasteiger partial charge in [0.25, 0.3) is 0 Å². The van der Waals surface area contributed by atoms with Gasteiger partial charge in [0.05, 0.1) is 18.6 Å². The molecule has 2 fully saturated rings. The summed E-state index contributed by atoms with van der Waals surface area (Å²) in [6.07, 6.45) is 2.09. The molecule has 2 aliphatic heterocycles. The molecule has 0 aliphatic carbocycles. The topological polar surface area (TPSA) is 49.8 Å². The molecule has 2 heterocycles. The van der Waals surface area contributed by atoms with Crippen LogP contribution in [0, 0.1) is 5.92 Å². The summed E-state index contributed by atoms with van der Waals surface area (Å²) in [7, 11) is 0. The molecule has 80 valence electrons. The SMILES string of the molecule is O=C([C@@H]1CCOC1)N1CCC(O)CC1. The van der Waals surface area contributed by atoms with E-state index in [9.17, 15) is 9.90 Å². The molecule has 2 rings (SSSR count). The Morgan fingerprint density at radius 2 is 2.00 bits per heavy atom. The minimum Gasteiger partial charge on any atom is -0.393 e. The maximum Gasteiger partial charge on any atom is 0.228 e. The molecule has 0 aromatic carbocycles. The Morgan fingerprint density at radius 1 is 1.29 bits per heavy atom. The van der Waals surface area contributed by atoms with Gasteiger partial charge in [-0.3, -0.25) is 4.79 Å². The van der Waals surface area contributed by atoms with Crippen LogP contribution in [0.2, 0.25) is 0 Å². The lowest BCUT2D eigenvalue weighted by molar-refractivity contribution is -0.137. The molecule has 1 N–H and O–H groups in total. The van der Waals surface area contributed by atoms with Gasteiger partial charge in [-0.05, 0) is 19.3 Å². The van der Waals surface area contributed by atoms with E-state index in [-0.39, 0.29) is 17.9 Å². The first-order valence-electron chi connectivity index (χ1n) is 5.32. The highest BCUT2D eigenvalue weighted by atomic mass is 16.5. The number of carbonyl (C=O) groups is 1. The second-order valence-corrected chi connectivity index (χ2v) is 4.12. The van der Waals surface area contributed by atoms with Crippen LogP contribution in [-0.2, 0) is 9.53 Å². The van der Waals surface area contributed by atoms with E-state index in [0.29, 0.717) is 26.3 Å². The normalized spacial score (nSPS) is 29.5. The van der Waals surface area contributed by atoms with Crippen LogP contribution in [-0.4, -0.2) is 48.3 Å². The average Bonchev–Trinajstić information content (AvgIpc) is 2.71. The standard InChI is InChI=1S/C10H17NO3/c12-9-1-4-11(5-2-9)10(13)8-3-6-14-7-8/h8-9,12H,1-7H2/t8-/m1/s1. The highest BCUT2D eigenvalue weighted by Gasteiger charge is 2.29. The maximum absolute atomic E-state index is 11.9. The molecule has 14 heavy (non-hydrogen) atoms. The number of carbonyl (C=O) groups excluding carboxylic acids is 1. The van der Waals surface area contributed by atoms with Crippen LogP contribution < -0.4 is 0 Å². The van der Waals surface area contributed by atoms with E-state index in [1.165, 1.54) is 0 Å².